The minimum atomic E-state index is -0.703. The number of halogens is 2. The first-order chi connectivity index (χ1) is 10.5. The zero-order chi connectivity index (χ0) is 15.7. The lowest BCUT2D eigenvalue weighted by molar-refractivity contribution is 0.101. The van der Waals surface area contributed by atoms with Crippen LogP contribution >= 0.6 is 0 Å². The van der Waals surface area contributed by atoms with Crippen molar-refractivity contribution in [3.63, 3.8) is 0 Å². The van der Waals surface area contributed by atoms with E-state index in [1.807, 2.05) is 0 Å². The highest BCUT2D eigenvalue weighted by molar-refractivity contribution is 5.95. The summed E-state index contributed by atoms with van der Waals surface area (Å²) in [5.41, 5.74) is 1.95. The summed E-state index contributed by atoms with van der Waals surface area (Å²) in [6.07, 6.45) is 1.45. The van der Waals surface area contributed by atoms with E-state index in [9.17, 15) is 13.6 Å². The molecule has 0 aliphatic heterocycles. The van der Waals surface area contributed by atoms with Crippen molar-refractivity contribution in [3.05, 3.63) is 65.9 Å². The number of aromatic nitrogens is 1. The van der Waals surface area contributed by atoms with Gasteiger partial charge in [0, 0.05) is 34.6 Å². The first-order valence-electron chi connectivity index (χ1n) is 6.66. The normalized spacial score (nSPS) is 10.7. The number of nitrogens with zero attached hydrogens (tertiary/aromatic N) is 1. The number of pyridine rings is 1. The lowest BCUT2D eigenvalue weighted by Gasteiger charge is -2.10. The van der Waals surface area contributed by atoms with Gasteiger partial charge in [-0.15, -0.1) is 0 Å². The topological polar surface area (TPSA) is 42.0 Å². The Balaban J connectivity index is 2.02. The van der Waals surface area contributed by atoms with Crippen molar-refractivity contribution in [2.45, 2.75) is 6.92 Å². The number of nitrogens with one attached hydrogen (secondary N) is 1. The van der Waals surface area contributed by atoms with E-state index in [-0.39, 0.29) is 11.3 Å². The van der Waals surface area contributed by atoms with Crippen molar-refractivity contribution in [2.75, 3.05) is 5.32 Å². The second-order valence-corrected chi connectivity index (χ2v) is 4.90. The summed E-state index contributed by atoms with van der Waals surface area (Å²) in [7, 11) is 0. The van der Waals surface area contributed by atoms with Crippen molar-refractivity contribution < 1.29 is 13.6 Å². The van der Waals surface area contributed by atoms with Gasteiger partial charge in [-0.1, -0.05) is 0 Å². The number of anilines is 2. The maximum atomic E-state index is 13.7. The Hall–Kier alpha value is -2.82. The molecule has 3 rings (SSSR count). The molecule has 110 valence electrons. The molecule has 1 N–H and O–H groups in total. The number of hydrogen-bond donors (Lipinski definition) is 1. The van der Waals surface area contributed by atoms with E-state index in [2.05, 4.69) is 10.3 Å². The molecule has 3 nitrogen and oxygen atoms in total. The van der Waals surface area contributed by atoms with Gasteiger partial charge in [0.15, 0.2) is 11.6 Å². The van der Waals surface area contributed by atoms with Crippen molar-refractivity contribution >= 4 is 28.1 Å². The molecule has 22 heavy (non-hydrogen) atoms. The average Bonchev–Trinajstić information content (AvgIpc) is 2.48. The van der Waals surface area contributed by atoms with Crippen molar-refractivity contribution in [2.24, 2.45) is 0 Å². The third-order valence-corrected chi connectivity index (χ3v) is 3.33. The van der Waals surface area contributed by atoms with E-state index in [0.29, 0.717) is 22.3 Å². The molecule has 0 radical (unpaired) electrons. The fraction of sp³-hybridized carbons (Fsp3) is 0.0588. The number of fused-ring (bicyclic) bond motifs is 1. The summed E-state index contributed by atoms with van der Waals surface area (Å²) >= 11 is 0. The van der Waals surface area contributed by atoms with Gasteiger partial charge in [-0.3, -0.25) is 9.78 Å². The van der Waals surface area contributed by atoms with Crippen LogP contribution in [0.25, 0.3) is 10.9 Å². The Labute approximate surface area is 125 Å². The highest BCUT2D eigenvalue weighted by Gasteiger charge is 2.09. The number of Topliss-reactive ketones (excluding diaryl/α,β-unsaturated/α-hetero) is 1. The Bertz CT molecular complexity index is 860. The van der Waals surface area contributed by atoms with E-state index in [1.54, 1.807) is 30.3 Å². The van der Waals surface area contributed by atoms with Crippen LogP contribution in [-0.2, 0) is 0 Å². The van der Waals surface area contributed by atoms with E-state index < -0.39 is 11.6 Å². The van der Waals surface area contributed by atoms with Gasteiger partial charge in [0.1, 0.15) is 11.3 Å². The summed E-state index contributed by atoms with van der Waals surface area (Å²) in [5.74, 6) is -1.39. The molecule has 0 unspecified atom stereocenters. The van der Waals surface area contributed by atoms with Gasteiger partial charge in [0.25, 0.3) is 0 Å². The zero-order valence-corrected chi connectivity index (χ0v) is 11.7. The molecule has 0 amide bonds. The molecule has 1 aromatic heterocycles. The molecular weight excluding hydrogens is 286 g/mol. The minimum absolute atomic E-state index is 0.0231. The molecule has 0 saturated heterocycles. The summed E-state index contributed by atoms with van der Waals surface area (Å²) in [6.45, 7) is 1.49. The lowest BCUT2D eigenvalue weighted by Crippen LogP contribution is -1.96. The quantitative estimate of drug-likeness (QED) is 0.726. The third-order valence-electron chi connectivity index (χ3n) is 3.33. The number of rotatable bonds is 3. The van der Waals surface area contributed by atoms with Crippen LogP contribution in [0.2, 0.25) is 0 Å². The predicted molar refractivity (Wildman–Crippen MR) is 81.4 cm³/mol. The van der Waals surface area contributed by atoms with E-state index >= 15 is 0 Å². The van der Waals surface area contributed by atoms with Crippen LogP contribution in [0.3, 0.4) is 0 Å². The first kappa shape index (κ1) is 14.1. The van der Waals surface area contributed by atoms with Crippen LogP contribution in [0.1, 0.15) is 17.3 Å². The van der Waals surface area contributed by atoms with Crippen LogP contribution in [0, 0.1) is 11.6 Å². The number of ketones is 1. The second kappa shape index (κ2) is 5.52. The maximum absolute atomic E-state index is 13.7. The van der Waals surface area contributed by atoms with E-state index in [4.69, 9.17) is 0 Å². The number of carbonyl (C=O) groups excluding carboxylic acids is 1. The van der Waals surface area contributed by atoms with Crippen LogP contribution in [0.4, 0.5) is 20.2 Å². The van der Waals surface area contributed by atoms with Gasteiger partial charge in [0.05, 0.1) is 0 Å². The molecular formula is C17H12F2N2O. The molecule has 0 atom stereocenters. The molecule has 0 saturated carbocycles. The van der Waals surface area contributed by atoms with Gasteiger partial charge in [-0.05, 0) is 43.3 Å². The van der Waals surface area contributed by atoms with Gasteiger partial charge < -0.3 is 5.32 Å². The summed E-state index contributed by atoms with van der Waals surface area (Å²) in [5, 5.41) is 3.44. The Morgan fingerprint density at radius 1 is 1.09 bits per heavy atom. The van der Waals surface area contributed by atoms with Gasteiger partial charge in [-0.25, -0.2) is 8.78 Å². The molecule has 0 fully saturated rings. The van der Waals surface area contributed by atoms with Crippen LogP contribution in [-0.4, -0.2) is 10.8 Å². The van der Waals surface area contributed by atoms with Crippen molar-refractivity contribution in [3.8, 4) is 0 Å². The molecule has 0 aliphatic carbocycles. The van der Waals surface area contributed by atoms with Crippen LogP contribution in [0.5, 0.6) is 0 Å². The monoisotopic (exact) mass is 298 g/mol. The number of carbonyl (C=O) groups is 1. The Morgan fingerprint density at radius 3 is 2.50 bits per heavy atom. The lowest BCUT2D eigenvalue weighted by atomic mass is 10.1. The predicted octanol–water partition coefficient (Wildman–Crippen LogP) is 4.46. The molecule has 5 heteroatoms. The standard InChI is InChI=1S/C17H12F2N2O/c1-10(22)11-2-4-13(5-3-11)21-16-6-7-20-17-14(16)8-12(18)9-15(17)19/h2-9H,1H3,(H,20,21). The summed E-state index contributed by atoms with van der Waals surface area (Å²) in [4.78, 5) is 15.2. The van der Waals surface area contributed by atoms with Crippen LogP contribution < -0.4 is 5.32 Å². The fourth-order valence-corrected chi connectivity index (χ4v) is 2.23. The Morgan fingerprint density at radius 2 is 1.82 bits per heavy atom. The Kier molecular flexibility index (Phi) is 3.55. The first-order valence-corrected chi connectivity index (χ1v) is 6.66. The smallest absolute Gasteiger partial charge is 0.159 e. The van der Waals surface area contributed by atoms with Gasteiger partial charge in [0.2, 0.25) is 0 Å². The van der Waals surface area contributed by atoms with E-state index in [1.165, 1.54) is 19.2 Å². The minimum Gasteiger partial charge on any atom is -0.355 e. The average molecular weight is 298 g/mol. The van der Waals surface area contributed by atoms with E-state index in [0.717, 1.165) is 6.07 Å². The fourth-order valence-electron chi connectivity index (χ4n) is 2.23. The van der Waals surface area contributed by atoms with Crippen LogP contribution in [0.15, 0.2) is 48.7 Å². The number of hydrogen-bond acceptors (Lipinski definition) is 3. The largest absolute Gasteiger partial charge is 0.355 e. The summed E-state index contributed by atoms with van der Waals surface area (Å²) in [6, 6.07) is 10.5. The molecule has 0 aliphatic rings. The highest BCUT2D eigenvalue weighted by Crippen LogP contribution is 2.27. The van der Waals surface area contributed by atoms with Crippen molar-refractivity contribution in [1.82, 2.24) is 4.98 Å². The highest BCUT2D eigenvalue weighted by atomic mass is 19.1. The maximum Gasteiger partial charge on any atom is 0.159 e. The third kappa shape index (κ3) is 2.65. The molecule has 0 spiro atoms. The molecule has 1 heterocycles. The van der Waals surface area contributed by atoms with Crippen molar-refractivity contribution in [1.29, 1.82) is 0 Å². The number of benzene rings is 2. The SMILES string of the molecule is CC(=O)c1ccc(Nc2ccnc3c(F)cc(F)cc23)cc1. The molecule has 0 bridgehead atoms. The zero-order valence-electron chi connectivity index (χ0n) is 11.7. The second-order valence-electron chi connectivity index (χ2n) is 4.90. The molecule has 3 aromatic rings. The molecule has 2 aromatic carbocycles. The van der Waals surface area contributed by atoms with Gasteiger partial charge in [-0.2, -0.15) is 0 Å². The van der Waals surface area contributed by atoms with Gasteiger partial charge >= 0.3 is 0 Å². The summed E-state index contributed by atoms with van der Waals surface area (Å²) < 4.78 is 27.2.